The molecule has 1 aromatic rings. The fourth-order valence-electron chi connectivity index (χ4n) is 1.20. The van der Waals surface area contributed by atoms with Gasteiger partial charge in [0.2, 0.25) is 0 Å². The van der Waals surface area contributed by atoms with E-state index in [1.165, 1.54) is 0 Å². The standard InChI is InChI=1S/C9H11F5N2OS/c10-6(11)4-17-2-1-7-16-8(9(12,13)14)5(3-15)18-7/h6H,1-4,15H2. The number of ether oxygens (including phenoxy) is 1. The second-order valence-electron chi connectivity index (χ2n) is 3.30. The molecule has 0 atom stereocenters. The van der Waals surface area contributed by atoms with Crippen LogP contribution >= 0.6 is 11.3 Å². The molecule has 0 bridgehead atoms. The zero-order valence-corrected chi connectivity index (χ0v) is 9.95. The first-order valence-corrected chi connectivity index (χ1v) is 5.78. The summed E-state index contributed by atoms with van der Waals surface area (Å²) in [7, 11) is 0. The van der Waals surface area contributed by atoms with E-state index in [4.69, 9.17) is 5.73 Å². The minimum atomic E-state index is -4.55. The Hall–Kier alpha value is -0.800. The van der Waals surface area contributed by atoms with Crippen LogP contribution in [0.15, 0.2) is 0 Å². The highest BCUT2D eigenvalue weighted by Crippen LogP contribution is 2.34. The number of halogens is 5. The van der Waals surface area contributed by atoms with Gasteiger partial charge in [0, 0.05) is 13.0 Å². The first-order chi connectivity index (χ1) is 8.34. The van der Waals surface area contributed by atoms with E-state index in [1.54, 1.807) is 0 Å². The van der Waals surface area contributed by atoms with Gasteiger partial charge in [0.25, 0.3) is 6.43 Å². The molecular weight excluding hydrogens is 279 g/mol. The summed E-state index contributed by atoms with van der Waals surface area (Å²) in [6.45, 7) is -1.09. The van der Waals surface area contributed by atoms with E-state index in [1.807, 2.05) is 0 Å². The van der Waals surface area contributed by atoms with Crippen LogP contribution in [-0.4, -0.2) is 24.6 Å². The van der Waals surface area contributed by atoms with Crippen LogP contribution in [0.3, 0.4) is 0 Å². The molecule has 1 aromatic heterocycles. The van der Waals surface area contributed by atoms with Gasteiger partial charge in [0.15, 0.2) is 5.69 Å². The summed E-state index contributed by atoms with van der Waals surface area (Å²) < 4.78 is 65.5. The smallest absolute Gasteiger partial charge is 0.375 e. The summed E-state index contributed by atoms with van der Waals surface area (Å²) in [5, 5.41) is 0.178. The predicted octanol–water partition coefficient (Wildman–Crippen LogP) is 2.44. The van der Waals surface area contributed by atoms with Crippen molar-refractivity contribution in [1.29, 1.82) is 0 Å². The Morgan fingerprint density at radius 1 is 1.33 bits per heavy atom. The first-order valence-electron chi connectivity index (χ1n) is 4.96. The maximum Gasteiger partial charge on any atom is 0.434 e. The molecule has 1 heterocycles. The van der Waals surface area contributed by atoms with Gasteiger partial charge in [-0.2, -0.15) is 13.2 Å². The topological polar surface area (TPSA) is 48.1 Å². The van der Waals surface area contributed by atoms with Gasteiger partial charge in [0.1, 0.15) is 6.61 Å². The fourth-order valence-corrected chi connectivity index (χ4v) is 2.15. The Balaban J connectivity index is 2.60. The van der Waals surface area contributed by atoms with Gasteiger partial charge in [-0.1, -0.05) is 0 Å². The van der Waals surface area contributed by atoms with Crippen molar-refractivity contribution in [2.24, 2.45) is 5.73 Å². The molecule has 104 valence electrons. The van der Waals surface area contributed by atoms with Crippen molar-refractivity contribution in [3.8, 4) is 0 Å². The van der Waals surface area contributed by atoms with Crippen LogP contribution in [-0.2, 0) is 23.9 Å². The second-order valence-corrected chi connectivity index (χ2v) is 4.47. The summed E-state index contributed by atoms with van der Waals surface area (Å²) in [4.78, 5) is 3.35. The van der Waals surface area contributed by atoms with Gasteiger partial charge in [-0.05, 0) is 0 Å². The number of nitrogens with zero attached hydrogens (tertiary/aromatic N) is 1. The van der Waals surface area contributed by atoms with Gasteiger partial charge in [-0.25, -0.2) is 13.8 Å². The van der Waals surface area contributed by atoms with Crippen molar-refractivity contribution < 1.29 is 26.7 Å². The predicted molar refractivity (Wildman–Crippen MR) is 55.5 cm³/mol. The zero-order valence-electron chi connectivity index (χ0n) is 9.14. The molecule has 18 heavy (non-hydrogen) atoms. The Labute approximate surface area is 104 Å². The van der Waals surface area contributed by atoms with Crippen molar-refractivity contribution in [2.45, 2.75) is 25.6 Å². The van der Waals surface area contributed by atoms with E-state index in [9.17, 15) is 22.0 Å². The van der Waals surface area contributed by atoms with Crippen molar-refractivity contribution in [3.05, 3.63) is 15.6 Å². The Morgan fingerprint density at radius 2 is 2.00 bits per heavy atom. The maximum absolute atomic E-state index is 12.5. The SMILES string of the molecule is NCc1sc(CCOCC(F)F)nc1C(F)(F)F. The summed E-state index contributed by atoms with van der Waals surface area (Å²) >= 11 is 0.822. The summed E-state index contributed by atoms with van der Waals surface area (Å²) in [5.74, 6) is 0. The van der Waals surface area contributed by atoms with Gasteiger partial charge in [-0.3, -0.25) is 0 Å². The number of alkyl halides is 5. The van der Waals surface area contributed by atoms with Gasteiger partial charge >= 0.3 is 6.18 Å². The largest absolute Gasteiger partial charge is 0.434 e. The summed E-state index contributed by atoms with van der Waals surface area (Å²) in [6.07, 6.45) is -7.08. The molecule has 0 aliphatic carbocycles. The summed E-state index contributed by atoms with van der Waals surface area (Å²) in [5.41, 5.74) is 4.19. The van der Waals surface area contributed by atoms with Crippen molar-refractivity contribution in [2.75, 3.05) is 13.2 Å². The van der Waals surface area contributed by atoms with Gasteiger partial charge < -0.3 is 10.5 Å². The van der Waals surface area contributed by atoms with E-state index < -0.39 is 24.9 Å². The summed E-state index contributed by atoms with van der Waals surface area (Å²) in [6, 6.07) is 0. The molecule has 0 saturated heterocycles. The molecule has 0 unspecified atom stereocenters. The minimum Gasteiger partial charge on any atom is -0.375 e. The first kappa shape index (κ1) is 15.3. The second kappa shape index (κ2) is 6.39. The normalized spacial score (nSPS) is 12.4. The molecule has 9 heteroatoms. The highest BCUT2D eigenvalue weighted by Gasteiger charge is 2.36. The monoisotopic (exact) mass is 290 g/mol. The highest BCUT2D eigenvalue weighted by molar-refractivity contribution is 7.11. The Kier molecular flexibility index (Phi) is 5.42. The molecule has 3 nitrogen and oxygen atoms in total. The lowest BCUT2D eigenvalue weighted by Gasteiger charge is -2.03. The van der Waals surface area contributed by atoms with Crippen LogP contribution in [0.4, 0.5) is 22.0 Å². The number of hydrogen-bond donors (Lipinski definition) is 1. The van der Waals surface area contributed by atoms with Crippen LogP contribution in [0.2, 0.25) is 0 Å². The minimum absolute atomic E-state index is 0.0560. The lowest BCUT2D eigenvalue weighted by Crippen LogP contribution is -2.11. The van der Waals surface area contributed by atoms with Gasteiger partial charge in [0.05, 0.1) is 16.5 Å². The number of nitrogens with two attached hydrogens (primary N) is 1. The van der Waals surface area contributed by atoms with E-state index in [2.05, 4.69) is 9.72 Å². The van der Waals surface area contributed by atoms with Gasteiger partial charge in [-0.15, -0.1) is 11.3 Å². The van der Waals surface area contributed by atoms with Crippen LogP contribution in [0.1, 0.15) is 15.6 Å². The number of aromatic nitrogens is 1. The Morgan fingerprint density at radius 3 is 2.44 bits per heavy atom. The van der Waals surface area contributed by atoms with Crippen LogP contribution < -0.4 is 5.73 Å². The molecule has 1 rings (SSSR count). The number of hydrogen-bond acceptors (Lipinski definition) is 4. The van der Waals surface area contributed by atoms with Crippen LogP contribution in [0.5, 0.6) is 0 Å². The molecule has 0 radical (unpaired) electrons. The molecule has 0 aromatic carbocycles. The third-order valence-corrected chi connectivity index (χ3v) is 3.04. The molecule has 0 aliphatic rings. The van der Waals surface area contributed by atoms with Crippen LogP contribution in [0.25, 0.3) is 0 Å². The van der Waals surface area contributed by atoms with E-state index in [0.717, 1.165) is 11.3 Å². The number of thiazole rings is 1. The highest BCUT2D eigenvalue weighted by atomic mass is 32.1. The molecule has 2 N–H and O–H groups in total. The van der Waals surface area contributed by atoms with E-state index in [0.29, 0.717) is 0 Å². The zero-order chi connectivity index (χ0) is 13.8. The van der Waals surface area contributed by atoms with Crippen LogP contribution in [0, 0.1) is 0 Å². The maximum atomic E-state index is 12.5. The molecule has 0 aliphatic heterocycles. The van der Waals surface area contributed by atoms with Crippen molar-refractivity contribution in [1.82, 2.24) is 4.98 Å². The molecular formula is C9H11F5N2OS. The lowest BCUT2D eigenvalue weighted by molar-refractivity contribution is -0.141. The quantitative estimate of drug-likeness (QED) is 0.646. The van der Waals surface area contributed by atoms with E-state index in [-0.39, 0.29) is 29.5 Å². The molecule has 0 saturated carbocycles. The third kappa shape index (κ3) is 4.46. The molecule has 0 fully saturated rings. The third-order valence-electron chi connectivity index (χ3n) is 1.90. The van der Waals surface area contributed by atoms with Crippen molar-refractivity contribution in [3.63, 3.8) is 0 Å². The number of rotatable bonds is 6. The van der Waals surface area contributed by atoms with E-state index >= 15 is 0 Å². The molecule has 0 amide bonds. The molecule has 0 spiro atoms. The fraction of sp³-hybridized carbons (Fsp3) is 0.667. The van der Waals surface area contributed by atoms with Crippen molar-refractivity contribution >= 4 is 11.3 Å². The average molecular weight is 290 g/mol. The average Bonchev–Trinajstić information content (AvgIpc) is 2.67. The lowest BCUT2D eigenvalue weighted by atomic mass is 10.3. The Bertz CT molecular complexity index is 380.